The molecule has 0 aliphatic heterocycles. The Morgan fingerprint density at radius 3 is 2.62 bits per heavy atom. The third kappa shape index (κ3) is 3.10. The van der Waals surface area contributed by atoms with E-state index in [0.29, 0.717) is 0 Å². The van der Waals surface area contributed by atoms with E-state index < -0.39 is 0 Å². The first-order valence-corrected chi connectivity index (χ1v) is 6.73. The maximum absolute atomic E-state index is 3.54. The third-order valence-electron chi connectivity index (χ3n) is 2.22. The summed E-state index contributed by atoms with van der Waals surface area (Å²) in [6.07, 6.45) is 2.39. The van der Waals surface area contributed by atoms with Gasteiger partial charge in [-0.1, -0.05) is 50.1 Å². The molecule has 1 aromatic rings. The molecule has 0 aliphatic carbocycles. The van der Waals surface area contributed by atoms with E-state index in [-0.39, 0.29) is 0 Å². The second kappa shape index (κ2) is 5.82. The van der Waals surface area contributed by atoms with Crippen molar-refractivity contribution in [1.82, 2.24) is 0 Å². The summed E-state index contributed by atoms with van der Waals surface area (Å²) in [5.74, 6) is 0. The molecule has 0 saturated carbocycles. The summed E-state index contributed by atoms with van der Waals surface area (Å²) < 4.78 is 0. The maximum Gasteiger partial charge on any atom is 0.0288 e. The average Bonchev–Trinajstić information content (AvgIpc) is 2.15. The van der Waals surface area contributed by atoms with Crippen LogP contribution >= 0.6 is 31.9 Å². The molecular weight excluding hydrogens is 292 g/mol. The van der Waals surface area contributed by atoms with E-state index in [1.165, 1.54) is 29.5 Å². The summed E-state index contributed by atoms with van der Waals surface area (Å²) in [5, 5.41) is 2.06. The molecular formula is C11H14Br2. The molecule has 0 saturated heterocycles. The van der Waals surface area contributed by atoms with Gasteiger partial charge in [0.25, 0.3) is 0 Å². The normalized spacial score (nSPS) is 10.4. The molecule has 0 unspecified atom stereocenters. The maximum atomic E-state index is 3.54. The molecule has 0 heterocycles. The molecule has 0 amide bonds. The van der Waals surface area contributed by atoms with Crippen LogP contribution in [0.1, 0.15) is 23.1 Å². The van der Waals surface area contributed by atoms with Crippen LogP contribution in [0.3, 0.4) is 0 Å². The molecule has 0 fully saturated rings. The Bertz CT molecular complexity index is 269. The van der Waals surface area contributed by atoms with E-state index in [9.17, 15) is 0 Å². The average molecular weight is 306 g/mol. The van der Waals surface area contributed by atoms with Crippen LogP contribution in [0.4, 0.5) is 0 Å². The number of hydrogen-bond acceptors (Lipinski definition) is 0. The number of halogens is 2. The topological polar surface area (TPSA) is 0 Å². The molecule has 2 heteroatoms. The molecule has 1 aromatic carbocycles. The Kier molecular flexibility index (Phi) is 5.04. The Morgan fingerprint density at radius 2 is 2.00 bits per heavy atom. The van der Waals surface area contributed by atoms with Gasteiger partial charge in [-0.05, 0) is 36.5 Å². The number of hydrogen-bond donors (Lipinski definition) is 0. The predicted molar refractivity (Wildman–Crippen MR) is 65.9 cm³/mol. The lowest BCUT2D eigenvalue weighted by Crippen LogP contribution is -1.95. The minimum atomic E-state index is 0.970. The lowest BCUT2D eigenvalue weighted by Gasteiger charge is -2.09. The zero-order valence-electron chi connectivity index (χ0n) is 7.82. The fourth-order valence-corrected chi connectivity index (χ4v) is 2.53. The Balaban J connectivity index is 2.85. The first kappa shape index (κ1) is 11.3. The fraction of sp³-hybridized carbons (Fsp3) is 0.455. The minimum Gasteiger partial charge on any atom is -0.0928 e. The molecule has 13 heavy (non-hydrogen) atoms. The van der Waals surface area contributed by atoms with Crippen molar-refractivity contribution in [3.63, 3.8) is 0 Å². The minimum absolute atomic E-state index is 0.970. The Hall–Kier alpha value is 0.180. The molecule has 0 nitrogen and oxygen atoms in total. The summed E-state index contributed by atoms with van der Waals surface area (Å²) >= 11 is 7.00. The zero-order chi connectivity index (χ0) is 9.68. The van der Waals surface area contributed by atoms with E-state index in [0.717, 1.165) is 10.7 Å². The molecule has 0 atom stereocenters. The van der Waals surface area contributed by atoms with Crippen molar-refractivity contribution in [3.05, 3.63) is 34.9 Å². The highest BCUT2D eigenvalue weighted by molar-refractivity contribution is 9.09. The molecule has 0 aliphatic rings. The lowest BCUT2D eigenvalue weighted by atomic mass is 10.0. The van der Waals surface area contributed by atoms with E-state index >= 15 is 0 Å². The van der Waals surface area contributed by atoms with Gasteiger partial charge in [-0.3, -0.25) is 0 Å². The molecule has 0 spiro atoms. The van der Waals surface area contributed by atoms with E-state index in [4.69, 9.17) is 0 Å². The van der Waals surface area contributed by atoms with Crippen molar-refractivity contribution in [2.75, 3.05) is 5.33 Å². The van der Waals surface area contributed by atoms with Crippen LogP contribution in [0.5, 0.6) is 0 Å². The Morgan fingerprint density at radius 1 is 1.23 bits per heavy atom. The van der Waals surface area contributed by atoms with Crippen molar-refractivity contribution in [3.8, 4) is 0 Å². The molecule has 1 rings (SSSR count). The van der Waals surface area contributed by atoms with Crippen molar-refractivity contribution < 1.29 is 0 Å². The number of rotatable bonds is 4. The van der Waals surface area contributed by atoms with Crippen molar-refractivity contribution >= 4 is 31.9 Å². The van der Waals surface area contributed by atoms with Gasteiger partial charge in [0.15, 0.2) is 0 Å². The molecule has 72 valence electrons. The quantitative estimate of drug-likeness (QED) is 0.731. The summed E-state index contributed by atoms with van der Waals surface area (Å²) in [4.78, 5) is 0. The van der Waals surface area contributed by atoms with Gasteiger partial charge < -0.3 is 0 Å². The summed E-state index contributed by atoms with van der Waals surface area (Å²) in [6, 6.07) is 6.55. The number of aryl methyl sites for hydroxylation is 2. The van der Waals surface area contributed by atoms with Gasteiger partial charge in [-0.15, -0.1) is 0 Å². The van der Waals surface area contributed by atoms with E-state index in [1.807, 2.05) is 0 Å². The summed E-state index contributed by atoms with van der Waals surface area (Å²) in [5.41, 5.74) is 4.34. The molecule has 0 bridgehead atoms. The number of benzene rings is 1. The highest BCUT2D eigenvalue weighted by Gasteiger charge is 2.02. The number of alkyl halides is 2. The molecule has 0 N–H and O–H groups in total. The van der Waals surface area contributed by atoms with E-state index in [1.54, 1.807) is 0 Å². The largest absolute Gasteiger partial charge is 0.0928 e. The van der Waals surface area contributed by atoms with Crippen LogP contribution in [-0.2, 0) is 11.8 Å². The van der Waals surface area contributed by atoms with E-state index in [2.05, 4.69) is 57.0 Å². The van der Waals surface area contributed by atoms with Gasteiger partial charge in [0.1, 0.15) is 0 Å². The lowest BCUT2D eigenvalue weighted by molar-refractivity contribution is 0.925. The van der Waals surface area contributed by atoms with Crippen LogP contribution in [0.2, 0.25) is 0 Å². The second-order valence-corrected chi connectivity index (χ2v) is 4.49. The first-order valence-electron chi connectivity index (χ1n) is 4.49. The predicted octanol–water partition coefficient (Wildman–Crippen LogP) is 4.22. The van der Waals surface area contributed by atoms with Gasteiger partial charge in [-0.2, -0.15) is 0 Å². The summed E-state index contributed by atoms with van der Waals surface area (Å²) in [6.45, 7) is 2.17. The fourth-order valence-electron chi connectivity index (χ4n) is 1.45. The van der Waals surface area contributed by atoms with Crippen LogP contribution in [0, 0.1) is 6.92 Å². The van der Waals surface area contributed by atoms with Crippen LogP contribution in [0.15, 0.2) is 18.2 Å². The van der Waals surface area contributed by atoms with Gasteiger partial charge in [-0.25, -0.2) is 0 Å². The molecule has 0 aromatic heterocycles. The van der Waals surface area contributed by atoms with Gasteiger partial charge in [0.2, 0.25) is 0 Å². The van der Waals surface area contributed by atoms with Gasteiger partial charge in [0, 0.05) is 10.7 Å². The van der Waals surface area contributed by atoms with Crippen LogP contribution < -0.4 is 0 Å². The standard InChI is InChI=1S/C11H14Br2/c1-9-4-2-5-10(6-3-7-12)11(9)8-13/h2,4-5H,3,6-8H2,1H3. The smallest absolute Gasteiger partial charge is 0.0288 e. The van der Waals surface area contributed by atoms with Crippen molar-refractivity contribution in [1.29, 1.82) is 0 Å². The third-order valence-corrected chi connectivity index (χ3v) is 3.34. The highest BCUT2D eigenvalue weighted by atomic mass is 79.9. The van der Waals surface area contributed by atoms with Crippen molar-refractivity contribution in [2.24, 2.45) is 0 Å². The first-order chi connectivity index (χ1) is 6.29. The monoisotopic (exact) mass is 304 g/mol. The van der Waals surface area contributed by atoms with Crippen molar-refractivity contribution in [2.45, 2.75) is 25.1 Å². The van der Waals surface area contributed by atoms with Crippen LogP contribution in [0.25, 0.3) is 0 Å². The highest BCUT2D eigenvalue weighted by Crippen LogP contribution is 2.19. The SMILES string of the molecule is Cc1cccc(CCCBr)c1CBr. The van der Waals surface area contributed by atoms with Gasteiger partial charge in [0.05, 0.1) is 0 Å². The molecule has 0 radical (unpaired) electrons. The second-order valence-electron chi connectivity index (χ2n) is 3.14. The Labute approximate surface area is 97.0 Å². The van der Waals surface area contributed by atoms with Crippen LogP contribution in [-0.4, -0.2) is 5.33 Å². The zero-order valence-corrected chi connectivity index (χ0v) is 11.0. The summed E-state index contributed by atoms with van der Waals surface area (Å²) in [7, 11) is 0. The van der Waals surface area contributed by atoms with Gasteiger partial charge >= 0.3 is 0 Å².